The Morgan fingerprint density at radius 1 is 1.09 bits per heavy atom. The molecule has 176 valence electrons. The van der Waals surface area contributed by atoms with Crippen LogP contribution in [0.3, 0.4) is 0 Å². The minimum Gasteiger partial charge on any atom is -0.477 e. The number of aromatic nitrogens is 3. The number of piperidine rings is 1. The van der Waals surface area contributed by atoms with Gasteiger partial charge in [0.2, 0.25) is 5.88 Å². The molecule has 1 aliphatic heterocycles. The quantitative estimate of drug-likeness (QED) is 0.352. The fourth-order valence-electron chi connectivity index (χ4n) is 4.39. The predicted octanol–water partition coefficient (Wildman–Crippen LogP) is 4.81. The van der Waals surface area contributed by atoms with Crippen LogP contribution in [-0.4, -0.2) is 46.1 Å². The summed E-state index contributed by atoms with van der Waals surface area (Å²) in [5, 5.41) is 9.58. The smallest absolute Gasteiger partial charge is 0.271 e. The first-order valence-electron chi connectivity index (χ1n) is 11.3. The molecule has 0 saturated carbocycles. The van der Waals surface area contributed by atoms with Crippen LogP contribution in [0.25, 0.3) is 16.7 Å². The summed E-state index contributed by atoms with van der Waals surface area (Å²) >= 11 is 5.92. The van der Waals surface area contributed by atoms with Gasteiger partial charge in [0.1, 0.15) is 5.82 Å². The Balaban J connectivity index is 1.11. The average molecular weight is 483 g/mol. The van der Waals surface area contributed by atoms with E-state index in [1.54, 1.807) is 42.5 Å². The van der Waals surface area contributed by atoms with Crippen molar-refractivity contribution in [1.29, 1.82) is 0 Å². The summed E-state index contributed by atoms with van der Waals surface area (Å²) in [7, 11) is 0. The van der Waals surface area contributed by atoms with Crippen LogP contribution in [0.15, 0.2) is 63.9 Å². The molecule has 0 radical (unpaired) electrons. The maximum absolute atomic E-state index is 14.3. The molecule has 1 aliphatic rings. The number of benzene rings is 2. The van der Waals surface area contributed by atoms with Crippen molar-refractivity contribution in [3.05, 3.63) is 81.5 Å². The summed E-state index contributed by atoms with van der Waals surface area (Å²) < 4.78 is 26.7. The number of ether oxygens (including phenoxy) is 1. The van der Waals surface area contributed by atoms with E-state index >= 15 is 0 Å². The summed E-state index contributed by atoms with van der Waals surface area (Å²) in [5.74, 6) is 0.321. The van der Waals surface area contributed by atoms with E-state index in [2.05, 4.69) is 15.2 Å². The molecule has 0 aliphatic carbocycles. The van der Waals surface area contributed by atoms with Crippen LogP contribution < -0.4 is 10.3 Å². The number of hydrogen-bond donors (Lipinski definition) is 0. The van der Waals surface area contributed by atoms with Crippen LogP contribution in [-0.2, 0) is 0 Å². The Morgan fingerprint density at radius 3 is 2.68 bits per heavy atom. The molecule has 1 saturated heterocycles. The second-order valence-corrected chi connectivity index (χ2v) is 8.83. The van der Waals surface area contributed by atoms with Crippen molar-refractivity contribution in [2.24, 2.45) is 0 Å². The average Bonchev–Trinajstić information content (AvgIpc) is 3.29. The third-order valence-electron chi connectivity index (χ3n) is 6.16. The van der Waals surface area contributed by atoms with E-state index in [9.17, 15) is 9.18 Å². The van der Waals surface area contributed by atoms with Gasteiger partial charge in [-0.1, -0.05) is 22.8 Å². The molecule has 3 heterocycles. The molecular formula is C25H24ClFN4O3. The van der Waals surface area contributed by atoms with Gasteiger partial charge in [-0.3, -0.25) is 4.79 Å². The van der Waals surface area contributed by atoms with Crippen molar-refractivity contribution in [3.8, 4) is 11.6 Å². The maximum atomic E-state index is 14.3. The Labute approximate surface area is 200 Å². The van der Waals surface area contributed by atoms with E-state index in [1.807, 2.05) is 0 Å². The molecule has 4 aromatic rings. The van der Waals surface area contributed by atoms with Gasteiger partial charge in [-0.15, -0.1) is 5.10 Å². The van der Waals surface area contributed by atoms with Crippen LogP contribution in [0, 0.1) is 5.82 Å². The first-order valence-corrected chi connectivity index (χ1v) is 11.7. The lowest BCUT2D eigenvalue weighted by atomic mass is 9.91. The van der Waals surface area contributed by atoms with E-state index in [-0.39, 0.29) is 17.3 Å². The number of halogens is 2. The summed E-state index contributed by atoms with van der Waals surface area (Å²) in [6.45, 7) is 3.20. The van der Waals surface area contributed by atoms with E-state index in [4.69, 9.17) is 20.9 Å². The fraction of sp³-hybridized carbons (Fsp3) is 0.320. The number of likely N-dealkylation sites (tertiary alicyclic amines) is 1. The molecule has 0 N–H and O–H groups in total. The molecule has 9 heteroatoms. The van der Waals surface area contributed by atoms with Crippen molar-refractivity contribution in [2.75, 3.05) is 26.2 Å². The van der Waals surface area contributed by atoms with E-state index in [1.165, 1.54) is 16.8 Å². The summed E-state index contributed by atoms with van der Waals surface area (Å²) in [4.78, 5) is 14.5. The van der Waals surface area contributed by atoms with Crippen molar-refractivity contribution in [1.82, 2.24) is 19.8 Å². The third kappa shape index (κ3) is 4.83. The standard InChI is InChI=1S/C25H24ClFN4O3/c26-18-5-7-19(8-6-18)31-23(32)10-9-22(28-31)33-16-2-13-30-14-11-17(12-15-30)25-24-20(27)3-1-4-21(24)34-29-25/h1,3-10,17H,2,11-16H2. The van der Waals surface area contributed by atoms with E-state index < -0.39 is 0 Å². The van der Waals surface area contributed by atoms with Crippen LogP contribution in [0.4, 0.5) is 4.39 Å². The van der Waals surface area contributed by atoms with Crippen molar-refractivity contribution < 1.29 is 13.7 Å². The second-order valence-electron chi connectivity index (χ2n) is 8.40. The SMILES string of the molecule is O=c1ccc(OCCCN2CCC(c3noc4cccc(F)c34)CC2)nn1-c1ccc(Cl)cc1. The van der Waals surface area contributed by atoms with Crippen LogP contribution in [0.1, 0.15) is 30.9 Å². The Bertz CT molecular complexity index is 1330. The highest BCUT2D eigenvalue weighted by Gasteiger charge is 2.26. The molecule has 1 fully saturated rings. The lowest BCUT2D eigenvalue weighted by Gasteiger charge is -2.31. The van der Waals surface area contributed by atoms with Crippen LogP contribution in [0.5, 0.6) is 5.88 Å². The zero-order valence-electron chi connectivity index (χ0n) is 18.5. The highest BCUT2D eigenvalue weighted by Crippen LogP contribution is 2.33. The third-order valence-corrected chi connectivity index (χ3v) is 6.42. The maximum Gasteiger partial charge on any atom is 0.271 e. The first kappa shape index (κ1) is 22.6. The summed E-state index contributed by atoms with van der Waals surface area (Å²) in [5.41, 5.74) is 1.63. The van der Waals surface area contributed by atoms with Gasteiger partial charge >= 0.3 is 0 Å². The molecule has 0 atom stereocenters. The lowest BCUT2D eigenvalue weighted by molar-refractivity contribution is 0.188. The second kappa shape index (κ2) is 9.95. The summed E-state index contributed by atoms with van der Waals surface area (Å²) in [6.07, 6.45) is 2.64. The van der Waals surface area contributed by atoms with Crippen LogP contribution in [0.2, 0.25) is 5.02 Å². The summed E-state index contributed by atoms with van der Waals surface area (Å²) in [6, 6.07) is 14.8. The molecule has 0 unspecified atom stereocenters. The van der Waals surface area contributed by atoms with Gasteiger partial charge in [0.05, 0.1) is 23.4 Å². The van der Waals surface area contributed by atoms with E-state index in [0.717, 1.165) is 44.6 Å². The molecular weight excluding hydrogens is 459 g/mol. The number of fused-ring (bicyclic) bond motifs is 1. The minimum absolute atomic E-state index is 0.198. The van der Waals surface area contributed by atoms with Crippen molar-refractivity contribution in [2.45, 2.75) is 25.2 Å². The Morgan fingerprint density at radius 2 is 1.88 bits per heavy atom. The van der Waals surface area contributed by atoms with Crippen molar-refractivity contribution in [3.63, 3.8) is 0 Å². The highest BCUT2D eigenvalue weighted by molar-refractivity contribution is 6.30. The molecule has 0 bridgehead atoms. The fourth-order valence-corrected chi connectivity index (χ4v) is 4.51. The molecule has 5 rings (SSSR count). The largest absolute Gasteiger partial charge is 0.477 e. The topological polar surface area (TPSA) is 73.4 Å². The highest BCUT2D eigenvalue weighted by atomic mass is 35.5. The monoisotopic (exact) mass is 482 g/mol. The molecule has 0 amide bonds. The molecule has 2 aromatic carbocycles. The Hall–Kier alpha value is -3.23. The van der Waals surface area contributed by atoms with Gasteiger partial charge in [-0.25, -0.2) is 4.39 Å². The zero-order chi connectivity index (χ0) is 23.5. The Kier molecular flexibility index (Phi) is 6.60. The molecule has 34 heavy (non-hydrogen) atoms. The van der Waals surface area contributed by atoms with Gasteiger partial charge in [0.25, 0.3) is 5.56 Å². The van der Waals surface area contributed by atoms with Gasteiger partial charge < -0.3 is 14.2 Å². The molecule has 7 nitrogen and oxygen atoms in total. The van der Waals surface area contributed by atoms with Gasteiger partial charge in [0, 0.05) is 29.6 Å². The van der Waals surface area contributed by atoms with Gasteiger partial charge in [-0.2, -0.15) is 4.68 Å². The van der Waals surface area contributed by atoms with Crippen LogP contribution >= 0.6 is 11.6 Å². The molecule has 0 spiro atoms. The number of rotatable bonds is 7. The van der Waals surface area contributed by atoms with E-state index in [0.29, 0.717) is 34.2 Å². The van der Waals surface area contributed by atoms with Gasteiger partial charge in [-0.05, 0) is 68.8 Å². The minimum atomic E-state index is -0.274. The number of nitrogens with zero attached hydrogens (tertiary/aromatic N) is 4. The molecule has 2 aromatic heterocycles. The first-order chi connectivity index (χ1) is 16.6. The zero-order valence-corrected chi connectivity index (χ0v) is 19.2. The predicted molar refractivity (Wildman–Crippen MR) is 127 cm³/mol. The normalized spacial score (nSPS) is 15.1. The van der Waals surface area contributed by atoms with Crippen molar-refractivity contribution >= 4 is 22.6 Å². The number of hydrogen-bond acceptors (Lipinski definition) is 6. The lowest BCUT2D eigenvalue weighted by Crippen LogP contribution is -2.34. The van der Waals surface area contributed by atoms with Gasteiger partial charge in [0.15, 0.2) is 5.58 Å².